The Morgan fingerprint density at radius 3 is 2.16 bits per heavy atom. The van der Waals surface area contributed by atoms with Gasteiger partial charge in [-0.15, -0.1) is 0 Å². The summed E-state index contributed by atoms with van der Waals surface area (Å²) in [4.78, 5) is 51.8. The Hall–Kier alpha value is -2.97. The van der Waals surface area contributed by atoms with Gasteiger partial charge in [-0.2, -0.15) is 0 Å². The van der Waals surface area contributed by atoms with E-state index >= 15 is 0 Å². The van der Waals surface area contributed by atoms with Crippen molar-refractivity contribution in [1.29, 1.82) is 0 Å². The first-order chi connectivity index (χ1) is 15.0. The minimum atomic E-state index is -1.43. The molecule has 0 radical (unpaired) electrons. The molecule has 0 spiro atoms. The SMILES string of the molecule is CC(O)C(NC(=O)C(CCCN=C(N)N)NC(=O)C(N)CCCCN)C(=O)NCC(=O)O. The fourth-order valence-corrected chi connectivity index (χ4v) is 2.62. The van der Waals surface area contributed by atoms with E-state index in [0.717, 1.165) is 0 Å². The third kappa shape index (κ3) is 12.7. The van der Waals surface area contributed by atoms with E-state index in [9.17, 15) is 24.3 Å². The van der Waals surface area contributed by atoms with Gasteiger partial charge in [0.05, 0.1) is 12.1 Å². The van der Waals surface area contributed by atoms with Crippen LogP contribution in [0, 0.1) is 0 Å². The van der Waals surface area contributed by atoms with Crippen LogP contribution in [0.25, 0.3) is 0 Å². The normalized spacial score (nSPS) is 14.4. The summed E-state index contributed by atoms with van der Waals surface area (Å²) in [7, 11) is 0. The minimum Gasteiger partial charge on any atom is -0.480 e. The summed E-state index contributed by atoms with van der Waals surface area (Å²) in [5.74, 6) is -3.62. The standard InChI is InChI=1S/C18H36N8O6/c1-10(27)14(17(32)24-9-13(28)29)26-16(31)12(6-4-8-23-18(21)22)25-15(30)11(20)5-2-3-7-19/h10-12,14,27H,2-9,19-20H2,1H3,(H,24,32)(H,25,30)(H,26,31)(H,28,29)(H4,21,22,23). The second kappa shape index (κ2) is 15.8. The first-order valence-corrected chi connectivity index (χ1v) is 10.3. The van der Waals surface area contributed by atoms with Crippen molar-refractivity contribution < 1.29 is 29.4 Å². The predicted molar refractivity (Wildman–Crippen MR) is 117 cm³/mol. The molecule has 32 heavy (non-hydrogen) atoms. The third-order valence-corrected chi connectivity index (χ3v) is 4.36. The van der Waals surface area contributed by atoms with Crippen LogP contribution in [0.4, 0.5) is 0 Å². The van der Waals surface area contributed by atoms with Crippen molar-refractivity contribution in [2.75, 3.05) is 19.6 Å². The zero-order valence-corrected chi connectivity index (χ0v) is 18.3. The highest BCUT2D eigenvalue weighted by atomic mass is 16.4. The number of rotatable bonds is 16. The maximum absolute atomic E-state index is 12.8. The second-order valence-electron chi connectivity index (χ2n) is 7.24. The highest BCUT2D eigenvalue weighted by Gasteiger charge is 2.30. The number of nitrogens with two attached hydrogens (primary N) is 4. The van der Waals surface area contributed by atoms with Crippen molar-refractivity contribution in [3.05, 3.63) is 0 Å². The summed E-state index contributed by atoms with van der Waals surface area (Å²) < 4.78 is 0. The molecule has 0 aromatic rings. The number of carbonyl (C=O) groups is 4. The van der Waals surface area contributed by atoms with E-state index in [1.165, 1.54) is 6.92 Å². The molecule has 0 aromatic heterocycles. The molecule has 0 saturated carbocycles. The van der Waals surface area contributed by atoms with Gasteiger partial charge in [-0.25, -0.2) is 0 Å². The Morgan fingerprint density at radius 2 is 1.62 bits per heavy atom. The lowest BCUT2D eigenvalue weighted by Gasteiger charge is -2.25. The van der Waals surface area contributed by atoms with E-state index in [0.29, 0.717) is 32.2 Å². The van der Waals surface area contributed by atoms with Gasteiger partial charge in [-0.1, -0.05) is 6.42 Å². The van der Waals surface area contributed by atoms with Gasteiger partial charge in [0.25, 0.3) is 0 Å². The smallest absolute Gasteiger partial charge is 0.322 e. The monoisotopic (exact) mass is 460 g/mol. The fraction of sp³-hybridized carbons (Fsp3) is 0.722. The lowest BCUT2D eigenvalue weighted by Crippen LogP contribution is -2.58. The van der Waals surface area contributed by atoms with Gasteiger partial charge in [0.15, 0.2) is 5.96 Å². The quantitative estimate of drug-likeness (QED) is 0.0612. The number of carboxylic acids is 1. The Labute approximate surface area is 186 Å². The molecule has 0 bridgehead atoms. The van der Waals surface area contributed by atoms with Crippen LogP contribution in [-0.4, -0.2) is 83.7 Å². The van der Waals surface area contributed by atoms with Crippen molar-refractivity contribution in [1.82, 2.24) is 16.0 Å². The van der Waals surface area contributed by atoms with Crippen LogP contribution in [0.15, 0.2) is 4.99 Å². The number of hydrogen-bond donors (Lipinski definition) is 9. The van der Waals surface area contributed by atoms with Crippen molar-refractivity contribution >= 4 is 29.7 Å². The molecule has 3 amide bonds. The number of aliphatic imine (C=N–C) groups is 1. The predicted octanol–water partition coefficient (Wildman–Crippen LogP) is -3.95. The molecule has 4 unspecified atom stereocenters. The molecular weight excluding hydrogens is 424 g/mol. The molecule has 0 aliphatic rings. The summed E-state index contributed by atoms with van der Waals surface area (Å²) >= 11 is 0. The van der Waals surface area contributed by atoms with Crippen LogP contribution < -0.4 is 38.9 Å². The maximum atomic E-state index is 12.8. The number of amides is 3. The summed E-state index contributed by atoms with van der Waals surface area (Å²) in [6.07, 6.45) is 0.824. The molecule has 184 valence electrons. The van der Waals surface area contributed by atoms with Gasteiger partial charge < -0.3 is 49.1 Å². The highest BCUT2D eigenvalue weighted by Crippen LogP contribution is 2.04. The summed E-state index contributed by atoms with van der Waals surface area (Å²) in [5.41, 5.74) is 21.8. The molecule has 0 fully saturated rings. The Morgan fingerprint density at radius 1 is 0.969 bits per heavy atom. The number of nitrogens with one attached hydrogen (secondary N) is 3. The molecule has 14 heteroatoms. The Kier molecular flexibility index (Phi) is 14.3. The highest BCUT2D eigenvalue weighted by molar-refractivity contribution is 5.93. The average Bonchev–Trinajstić information content (AvgIpc) is 2.71. The third-order valence-electron chi connectivity index (χ3n) is 4.36. The number of unbranched alkanes of at least 4 members (excludes halogenated alkanes) is 1. The van der Waals surface area contributed by atoms with Crippen LogP contribution >= 0.6 is 0 Å². The number of aliphatic hydroxyl groups excluding tert-OH is 1. The summed E-state index contributed by atoms with van der Waals surface area (Å²) in [6, 6.07) is -3.39. The van der Waals surface area contributed by atoms with Crippen molar-refractivity contribution in [2.45, 2.75) is 63.3 Å². The van der Waals surface area contributed by atoms with Gasteiger partial charge in [0.1, 0.15) is 18.6 Å². The molecule has 4 atom stereocenters. The van der Waals surface area contributed by atoms with E-state index in [1.54, 1.807) is 0 Å². The molecule has 14 nitrogen and oxygen atoms in total. The number of aliphatic carboxylic acids is 1. The molecule has 0 heterocycles. The van der Waals surface area contributed by atoms with E-state index < -0.39 is 54.5 Å². The first kappa shape index (κ1) is 29.0. The summed E-state index contributed by atoms with van der Waals surface area (Å²) in [5, 5.41) is 25.5. The molecule has 13 N–H and O–H groups in total. The number of carbonyl (C=O) groups excluding carboxylic acids is 3. The molecule has 0 rings (SSSR count). The van der Waals surface area contributed by atoms with Crippen LogP contribution in [-0.2, 0) is 19.2 Å². The molecule has 0 aromatic carbocycles. The van der Waals surface area contributed by atoms with Crippen LogP contribution in [0.5, 0.6) is 0 Å². The van der Waals surface area contributed by atoms with E-state index in [4.69, 9.17) is 28.0 Å². The Balaban J connectivity index is 5.23. The van der Waals surface area contributed by atoms with Gasteiger partial charge in [0.2, 0.25) is 17.7 Å². The molecule has 0 aliphatic heterocycles. The topological polar surface area (TPSA) is 261 Å². The van der Waals surface area contributed by atoms with Crippen molar-refractivity contribution in [3.8, 4) is 0 Å². The zero-order chi connectivity index (χ0) is 24.7. The minimum absolute atomic E-state index is 0.118. The first-order valence-electron chi connectivity index (χ1n) is 10.3. The van der Waals surface area contributed by atoms with Crippen LogP contribution in [0.1, 0.15) is 39.0 Å². The maximum Gasteiger partial charge on any atom is 0.322 e. The molecule has 0 saturated heterocycles. The van der Waals surface area contributed by atoms with Crippen LogP contribution in [0.2, 0.25) is 0 Å². The average molecular weight is 461 g/mol. The van der Waals surface area contributed by atoms with Crippen molar-refractivity contribution in [3.63, 3.8) is 0 Å². The number of guanidine groups is 1. The molecule has 0 aliphatic carbocycles. The largest absolute Gasteiger partial charge is 0.480 e. The second-order valence-corrected chi connectivity index (χ2v) is 7.24. The lowest BCUT2D eigenvalue weighted by molar-refractivity contribution is -0.139. The van der Waals surface area contributed by atoms with Gasteiger partial charge >= 0.3 is 5.97 Å². The number of hydrogen-bond acceptors (Lipinski definition) is 8. The van der Waals surface area contributed by atoms with Crippen LogP contribution in [0.3, 0.4) is 0 Å². The van der Waals surface area contributed by atoms with E-state index in [2.05, 4.69) is 20.9 Å². The van der Waals surface area contributed by atoms with E-state index in [-0.39, 0.29) is 18.9 Å². The zero-order valence-electron chi connectivity index (χ0n) is 18.3. The number of aliphatic hydroxyl groups is 1. The summed E-state index contributed by atoms with van der Waals surface area (Å²) in [6.45, 7) is 1.23. The van der Waals surface area contributed by atoms with Gasteiger partial charge in [-0.3, -0.25) is 24.2 Å². The van der Waals surface area contributed by atoms with E-state index in [1.807, 2.05) is 0 Å². The fourth-order valence-electron chi connectivity index (χ4n) is 2.62. The van der Waals surface area contributed by atoms with Gasteiger partial charge in [-0.05, 0) is 39.2 Å². The Bertz CT molecular complexity index is 653. The van der Waals surface area contributed by atoms with Crippen molar-refractivity contribution in [2.24, 2.45) is 27.9 Å². The van der Waals surface area contributed by atoms with Gasteiger partial charge in [0, 0.05) is 6.54 Å². The molecular formula is C18H36N8O6. The number of carboxylic acid groups (broad SMARTS) is 1. The lowest BCUT2D eigenvalue weighted by atomic mass is 10.1. The number of nitrogens with zero attached hydrogens (tertiary/aromatic N) is 1.